The minimum Gasteiger partial charge on any atom is -0.493 e. The Kier molecular flexibility index (Phi) is 4.73. The molecule has 0 heterocycles. The summed E-state index contributed by atoms with van der Waals surface area (Å²) >= 11 is 6.54. The van der Waals surface area contributed by atoms with Crippen LogP contribution in [0.1, 0.15) is 27.6 Å². The van der Waals surface area contributed by atoms with Gasteiger partial charge in [-0.05, 0) is 36.6 Å². The molecule has 0 fully saturated rings. The number of ether oxygens (including phenoxy) is 2. The second-order valence-corrected chi connectivity index (χ2v) is 5.33. The number of methoxy groups -OCH3 is 2. The van der Waals surface area contributed by atoms with Gasteiger partial charge in [-0.25, -0.2) is 4.39 Å². The fourth-order valence-electron chi connectivity index (χ4n) is 2.45. The zero-order valence-corrected chi connectivity index (χ0v) is 13.3. The summed E-state index contributed by atoms with van der Waals surface area (Å²) in [6, 6.07) is 8.80. The Bertz CT molecular complexity index is 635. The van der Waals surface area contributed by atoms with E-state index in [1.165, 1.54) is 20.3 Å². The summed E-state index contributed by atoms with van der Waals surface area (Å²) in [5.74, 6) is 0.408. The van der Waals surface area contributed by atoms with Crippen molar-refractivity contribution in [3.63, 3.8) is 0 Å². The lowest BCUT2D eigenvalue weighted by Crippen LogP contribution is -2.03. The van der Waals surface area contributed by atoms with Crippen LogP contribution in [0, 0.1) is 19.7 Å². The molecule has 0 aliphatic rings. The van der Waals surface area contributed by atoms with Crippen LogP contribution in [0.15, 0.2) is 30.3 Å². The van der Waals surface area contributed by atoms with E-state index >= 15 is 0 Å². The molecule has 2 nitrogen and oxygen atoms in total. The third-order valence-electron chi connectivity index (χ3n) is 3.57. The standard InChI is InChI=1S/C17H18ClFO2/c1-10-6-5-7-11(2)16(10)17(18)12-8-14(20-3)15(21-4)9-13(12)19/h5-9,17H,1-4H3. The maximum atomic E-state index is 14.3. The van der Waals surface area contributed by atoms with Gasteiger partial charge in [0, 0.05) is 11.6 Å². The van der Waals surface area contributed by atoms with Gasteiger partial charge in [-0.1, -0.05) is 18.2 Å². The van der Waals surface area contributed by atoms with Crippen LogP contribution in [-0.2, 0) is 0 Å². The summed E-state index contributed by atoms with van der Waals surface area (Å²) in [5.41, 5.74) is 3.37. The molecule has 2 aromatic rings. The molecule has 21 heavy (non-hydrogen) atoms. The van der Waals surface area contributed by atoms with Crippen LogP contribution in [0.2, 0.25) is 0 Å². The zero-order chi connectivity index (χ0) is 15.6. The summed E-state index contributed by atoms with van der Waals surface area (Å²) in [7, 11) is 2.99. The highest BCUT2D eigenvalue weighted by Gasteiger charge is 2.21. The molecule has 0 amide bonds. The largest absolute Gasteiger partial charge is 0.493 e. The average Bonchev–Trinajstić information content (AvgIpc) is 2.46. The third-order valence-corrected chi connectivity index (χ3v) is 4.02. The van der Waals surface area contributed by atoms with Gasteiger partial charge in [0.05, 0.1) is 19.6 Å². The van der Waals surface area contributed by atoms with Crippen LogP contribution in [0.4, 0.5) is 4.39 Å². The molecule has 0 spiro atoms. The topological polar surface area (TPSA) is 18.5 Å². The Hall–Kier alpha value is -1.74. The first kappa shape index (κ1) is 15.6. The lowest BCUT2D eigenvalue weighted by molar-refractivity contribution is 0.351. The van der Waals surface area contributed by atoms with Gasteiger partial charge in [0.25, 0.3) is 0 Å². The summed E-state index contributed by atoms with van der Waals surface area (Å²) in [6.45, 7) is 3.94. The van der Waals surface area contributed by atoms with Gasteiger partial charge in [-0.2, -0.15) is 0 Å². The number of halogens is 2. The van der Waals surface area contributed by atoms with Crippen LogP contribution in [0.3, 0.4) is 0 Å². The van der Waals surface area contributed by atoms with E-state index in [4.69, 9.17) is 21.1 Å². The minimum absolute atomic E-state index is 0.351. The zero-order valence-electron chi connectivity index (χ0n) is 12.5. The molecular weight excluding hydrogens is 291 g/mol. The fraction of sp³-hybridized carbons (Fsp3) is 0.294. The predicted octanol–water partition coefficient (Wildman–Crippen LogP) is 4.79. The number of hydrogen-bond donors (Lipinski definition) is 0. The molecule has 0 bridgehead atoms. The second kappa shape index (κ2) is 6.35. The number of rotatable bonds is 4. The second-order valence-electron chi connectivity index (χ2n) is 4.90. The average molecular weight is 309 g/mol. The van der Waals surface area contributed by atoms with E-state index in [0.717, 1.165) is 16.7 Å². The minimum atomic E-state index is -0.578. The molecule has 4 heteroatoms. The summed E-state index contributed by atoms with van der Waals surface area (Å²) < 4.78 is 24.7. The van der Waals surface area contributed by atoms with Crippen molar-refractivity contribution in [1.29, 1.82) is 0 Å². The highest BCUT2D eigenvalue weighted by atomic mass is 35.5. The Morgan fingerprint density at radius 3 is 2.05 bits per heavy atom. The van der Waals surface area contributed by atoms with Gasteiger partial charge < -0.3 is 9.47 Å². The van der Waals surface area contributed by atoms with Crippen molar-refractivity contribution in [2.45, 2.75) is 19.2 Å². The smallest absolute Gasteiger partial charge is 0.163 e. The van der Waals surface area contributed by atoms with Crippen molar-refractivity contribution in [3.05, 3.63) is 58.4 Å². The molecule has 0 aromatic heterocycles. The lowest BCUT2D eigenvalue weighted by Gasteiger charge is -2.18. The number of alkyl halides is 1. The van der Waals surface area contributed by atoms with Gasteiger partial charge in [-0.3, -0.25) is 0 Å². The first-order valence-corrected chi connectivity index (χ1v) is 7.04. The van der Waals surface area contributed by atoms with E-state index < -0.39 is 11.2 Å². The number of hydrogen-bond acceptors (Lipinski definition) is 2. The normalized spacial score (nSPS) is 12.1. The Balaban J connectivity index is 2.56. The van der Waals surface area contributed by atoms with Crippen molar-refractivity contribution in [1.82, 2.24) is 0 Å². The Morgan fingerprint density at radius 1 is 1.00 bits per heavy atom. The molecule has 0 aliphatic heterocycles. The molecule has 0 saturated carbocycles. The summed E-state index contributed by atoms with van der Waals surface area (Å²) in [4.78, 5) is 0. The van der Waals surface area contributed by atoms with Gasteiger partial charge in [0.15, 0.2) is 11.5 Å². The van der Waals surface area contributed by atoms with E-state index in [1.807, 2.05) is 32.0 Å². The van der Waals surface area contributed by atoms with E-state index in [0.29, 0.717) is 17.1 Å². The quantitative estimate of drug-likeness (QED) is 0.756. The molecule has 2 rings (SSSR count). The van der Waals surface area contributed by atoms with E-state index in [9.17, 15) is 4.39 Å². The molecular formula is C17H18ClFO2. The Morgan fingerprint density at radius 2 is 1.52 bits per heavy atom. The molecule has 1 unspecified atom stereocenters. The van der Waals surface area contributed by atoms with Crippen LogP contribution >= 0.6 is 11.6 Å². The first-order valence-electron chi connectivity index (χ1n) is 6.61. The summed E-state index contributed by atoms with van der Waals surface area (Å²) in [6.07, 6.45) is 0. The highest BCUT2D eigenvalue weighted by molar-refractivity contribution is 6.22. The van der Waals surface area contributed by atoms with Gasteiger partial charge in [0.2, 0.25) is 0 Å². The molecule has 0 radical (unpaired) electrons. The molecule has 112 valence electrons. The van der Waals surface area contributed by atoms with E-state index in [2.05, 4.69) is 0 Å². The lowest BCUT2D eigenvalue weighted by atomic mass is 9.95. The number of aryl methyl sites for hydroxylation is 2. The van der Waals surface area contributed by atoms with Crippen molar-refractivity contribution >= 4 is 11.6 Å². The van der Waals surface area contributed by atoms with Gasteiger partial charge in [0.1, 0.15) is 5.82 Å². The van der Waals surface area contributed by atoms with Crippen molar-refractivity contribution in [3.8, 4) is 11.5 Å². The molecule has 0 saturated heterocycles. The Labute approximate surface area is 129 Å². The van der Waals surface area contributed by atoms with Crippen molar-refractivity contribution < 1.29 is 13.9 Å². The number of benzene rings is 2. The molecule has 1 atom stereocenters. The van der Waals surface area contributed by atoms with E-state index in [1.54, 1.807) is 6.07 Å². The summed E-state index contributed by atoms with van der Waals surface area (Å²) in [5, 5.41) is -0.578. The maximum Gasteiger partial charge on any atom is 0.163 e. The van der Waals surface area contributed by atoms with Crippen molar-refractivity contribution in [2.24, 2.45) is 0 Å². The van der Waals surface area contributed by atoms with Gasteiger partial charge in [-0.15, -0.1) is 11.6 Å². The fourth-order valence-corrected chi connectivity index (χ4v) is 2.96. The maximum absolute atomic E-state index is 14.3. The highest BCUT2D eigenvalue weighted by Crippen LogP contribution is 2.39. The van der Waals surface area contributed by atoms with Crippen LogP contribution < -0.4 is 9.47 Å². The van der Waals surface area contributed by atoms with Crippen LogP contribution in [0.25, 0.3) is 0 Å². The van der Waals surface area contributed by atoms with E-state index in [-0.39, 0.29) is 0 Å². The molecule has 0 aliphatic carbocycles. The molecule has 2 aromatic carbocycles. The monoisotopic (exact) mass is 308 g/mol. The van der Waals surface area contributed by atoms with Crippen molar-refractivity contribution in [2.75, 3.05) is 14.2 Å². The van der Waals surface area contributed by atoms with Gasteiger partial charge >= 0.3 is 0 Å². The molecule has 0 N–H and O–H groups in total. The van der Waals surface area contributed by atoms with Crippen LogP contribution in [0.5, 0.6) is 11.5 Å². The SMILES string of the molecule is COc1cc(F)c(C(Cl)c2c(C)cccc2C)cc1OC. The van der Waals surface area contributed by atoms with Crippen LogP contribution in [-0.4, -0.2) is 14.2 Å². The first-order chi connectivity index (χ1) is 9.99. The third kappa shape index (κ3) is 2.98. The predicted molar refractivity (Wildman–Crippen MR) is 83.1 cm³/mol.